The zero-order valence-corrected chi connectivity index (χ0v) is 11.0. The fourth-order valence-electron chi connectivity index (χ4n) is 2.94. The van der Waals surface area contributed by atoms with Crippen molar-refractivity contribution < 1.29 is 0 Å². The first-order chi connectivity index (χ1) is 9.38. The van der Waals surface area contributed by atoms with Gasteiger partial charge in [0.2, 0.25) is 0 Å². The fraction of sp³-hybridized carbons (Fsp3) is 0.375. The van der Waals surface area contributed by atoms with Gasteiger partial charge in [-0.15, -0.1) is 0 Å². The second kappa shape index (κ2) is 5.49. The lowest BCUT2D eigenvalue weighted by atomic mass is 9.99. The van der Waals surface area contributed by atoms with Crippen LogP contribution in [-0.4, -0.2) is 24.5 Å². The lowest BCUT2D eigenvalue weighted by molar-refractivity contribution is 0.317. The van der Waals surface area contributed by atoms with Crippen molar-refractivity contribution in [3.63, 3.8) is 0 Å². The quantitative estimate of drug-likeness (QED) is 0.778. The van der Waals surface area contributed by atoms with Gasteiger partial charge in [-0.3, -0.25) is 0 Å². The molecule has 98 valence electrons. The van der Waals surface area contributed by atoms with E-state index in [1.165, 1.54) is 18.2 Å². The molecule has 1 aliphatic rings. The SMILES string of the molecule is O=N[C@H](CN1CCCC1)c1cccc2ccccc12. The number of rotatable bonds is 4. The third kappa shape index (κ3) is 2.51. The average Bonchev–Trinajstić information content (AvgIpc) is 2.97. The molecule has 3 nitrogen and oxygen atoms in total. The first-order valence-electron chi connectivity index (χ1n) is 6.91. The molecule has 0 N–H and O–H groups in total. The molecule has 1 aliphatic heterocycles. The summed E-state index contributed by atoms with van der Waals surface area (Å²) in [6, 6.07) is 14.1. The zero-order valence-electron chi connectivity index (χ0n) is 11.0. The monoisotopic (exact) mass is 254 g/mol. The van der Waals surface area contributed by atoms with Crippen molar-refractivity contribution in [2.75, 3.05) is 19.6 Å². The molecule has 3 rings (SSSR count). The van der Waals surface area contributed by atoms with Gasteiger partial charge >= 0.3 is 0 Å². The Kier molecular flexibility index (Phi) is 3.56. The van der Waals surface area contributed by atoms with E-state index in [0.717, 1.165) is 30.6 Å². The Labute approximate surface area is 113 Å². The van der Waals surface area contributed by atoms with Crippen LogP contribution in [0, 0.1) is 4.91 Å². The number of nitrogens with zero attached hydrogens (tertiary/aromatic N) is 2. The van der Waals surface area contributed by atoms with Crippen LogP contribution in [0.5, 0.6) is 0 Å². The van der Waals surface area contributed by atoms with Crippen LogP contribution in [-0.2, 0) is 0 Å². The zero-order chi connectivity index (χ0) is 13.1. The highest BCUT2D eigenvalue weighted by Crippen LogP contribution is 2.28. The molecule has 0 radical (unpaired) electrons. The van der Waals surface area contributed by atoms with E-state index in [1.54, 1.807) is 0 Å². The molecule has 0 aromatic heterocycles. The predicted octanol–water partition coefficient (Wildman–Crippen LogP) is 3.74. The van der Waals surface area contributed by atoms with Gasteiger partial charge in [-0.25, -0.2) is 0 Å². The average molecular weight is 254 g/mol. The normalized spacial score (nSPS) is 17.7. The third-order valence-electron chi connectivity index (χ3n) is 3.94. The van der Waals surface area contributed by atoms with Crippen molar-refractivity contribution in [2.24, 2.45) is 5.18 Å². The predicted molar refractivity (Wildman–Crippen MR) is 78.2 cm³/mol. The summed E-state index contributed by atoms with van der Waals surface area (Å²) in [4.78, 5) is 13.6. The first-order valence-corrected chi connectivity index (χ1v) is 6.91. The Bertz CT molecular complexity index is 570. The molecule has 1 saturated heterocycles. The number of fused-ring (bicyclic) bond motifs is 1. The number of nitroso groups, excluding NO2 is 1. The minimum atomic E-state index is -0.260. The Hall–Kier alpha value is -1.74. The standard InChI is InChI=1S/C16H18N2O/c19-17-16(12-18-10-3-4-11-18)15-9-5-7-13-6-1-2-8-14(13)15/h1-2,5-9,16H,3-4,10-12H2/t16-/m1/s1. The smallest absolute Gasteiger partial charge is 0.130 e. The molecule has 1 fully saturated rings. The maximum Gasteiger partial charge on any atom is 0.130 e. The molecule has 0 spiro atoms. The summed E-state index contributed by atoms with van der Waals surface area (Å²) in [5.74, 6) is 0. The molecule has 3 heteroatoms. The van der Waals surface area contributed by atoms with Gasteiger partial charge in [0.15, 0.2) is 0 Å². The van der Waals surface area contributed by atoms with E-state index in [9.17, 15) is 4.91 Å². The van der Waals surface area contributed by atoms with Gasteiger partial charge < -0.3 is 4.90 Å². The molecule has 0 saturated carbocycles. The van der Waals surface area contributed by atoms with Gasteiger partial charge in [0.05, 0.1) is 0 Å². The molecule has 0 amide bonds. The van der Waals surface area contributed by atoms with Crippen molar-refractivity contribution >= 4 is 10.8 Å². The van der Waals surface area contributed by atoms with Crippen LogP contribution in [0.2, 0.25) is 0 Å². The van der Waals surface area contributed by atoms with Crippen molar-refractivity contribution in [1.29, 1.82) is 0 Å². The second-order valence-electron chi connectivity index (χ2n) is 5.20. The van der Waals surface area contributed by atoms with Crippen LogP contribution < -0.4 is 0 Å². The molecular formula is C16H18N2O. The summed E-state index contributed by atoms with van der Waals surface area (Å²) in [5, 5.41) is 5.70. The molecule has 1 atom stereocenters. The fourth-order valence-corrected chi connectivity index (χ4v) is 2.94. The van der Waals surface area contributed by atoms with Crippen LogP contribution in [0.1, 0.15) is 24.4 Å². The number of hydrogen-bond donors (Lipinski definition) is 0. The number of benzene rings is 2. The molecule has 1 heterocycles. The first kappa shape index (κ1) is 12.3. The summed E-state index contributed by atoms with van der Waals surface area (Å²) in [6.45, 7) is 2.94. The molecule has 2 aromatic carbocycles. The van der Waals surface area contributed by atoms with Gasteiger partial charge in [0.25, 0.3) is 0 Å². The second-order valence-corrected chi connectivity index (χ2v) is 5.20. The molecule has 2 aromatic rings. The van der Waals surface area contributed by atoms with Gasteiger partial charge in [0, 0.05) is 6.54 Å². The Balaban J connectivity index is 1.94. The van der Waals surface area contributed by atoms with E-state index < -0.39 is 0 Å². The van der Waals surface area contributed by atoms with Crippen LogP contribution in [0.15, 0.2) is 47.6 Å². The van der Waals surface area contributed by atoms with Crippen LogP contribution in [0.4, 0.5) is 0 Å². The molecule has 0 aliphatic carbocycles. The van der Waals surface area contributed by atoms with E-state index in [-0.39, 0.29) is 6.04 Å². The highest BCUT2D eigenvalue weighted by atomic mass is 16.3. The van der Waals surface area contributed by atoms with Crippen LogP contribution in [0.3, 0.4) is 0 Å². The number of likely N-dealkylation sites (tertiary alicyclic amines) is 1. The van der Waals surface area contributed by atoms with Gasteiger partial charge in [-0.05, 0) is 42.3 Å². The highest BCUT2D eigenvalue weighted by molar-refractivity contribution is 5.86. The van der Waals surface area contributed by atoms with Crippen molar-refractivity contribution in [3.05, 3.63) is 52.9 Å². The molecule has 0 unspecified atom stereocenters. The van der Waals surface area contributed by atoms with Gasteiger partial charge in [-0.2, -0.15) is 4.91 Å². The molecule has 19 heavy (non-hydrogen) atoms. The third-order valence-corrected chi connectivity index (χ3v) is 3.94. The summed E-state index contributed by atoms with van der Waals surface area (Å²) >= 11 is 0. The van der Waals surface area contributed by atoms with E-state index in [1.807, 2.05) is 24.3 Å². The van der Waals surface area contributed by atoms with E-state index in [0.29, 0.717) is 0 Å². The highest BCUT2D eigenvalue weighted by Gasteiger charge is 2.20. The maximum atomic E-state index is 11.3. The minimum absolute atomic E-state index is 0.260. The Morgan fingerprint density at radius 2 is 1.79 bits per heavy atom. The van der Waals surface area contributed by atoms with Crippen LogP contribution >= 0.6 is 0 Å². The summed E-state index contributed by atoms with van der Waals surface area (Å²) in [6.07, 6.45) is 2.47. The van der Waals surface area contributed by atoms with Gasteiger partial charge in [-0.1, -0.05) is 47.6 Å². The van der Waals surface area contributed by atoms with E-state index in [4.69, 9.17) is 0 Å². The minimum Gasteiger partial charge on any atom is -0.301 e. The topological polar surface area (TPSA) is 32.7 Å². The largest absolute Gasteiger partial charge is 0.301 e. The Morgan fingerprint density at radius 3 is 2.58 bits per heavy atom. The number of hydrogen-bond acceptors (Lipinski definition) is 3. The summed E-state index contributed by atoms with van der Waals surface area (Å²) in [7, 11) is 0. The van der Waals surface area contributed by atoms with Gasteiger partial charge in [0.1, 0.15) is 6.04 Å². The lowest BCUT2D eigenvalue weighted by Gasteiger charge is -2.19. The maximum absolute atomic E-state index is 11.3. The van der Waals surface area contributed by atoms with Crippen molar-refractivity contribution in [2.45, 2.75) is 18.9 Å². The lowest BCUT2D eigenvalue weighted by Crippen LogP contribution is -2.24. The van der Waals surface area contributed by atoms with E-state index >= 15 is 0 Å². The summed E-state index contributed by atoms with van der Waals surface area (Å²) in [5.41, 5.74) is 1.06. The van der Waals surface area contributed by atoms with Crippen molar-refractivity contribution in [1.82, 2.24) is 4.90 Å². The van der Waals surface area contributed by atoms with E-state index in [2.05, 4.69) is 28.3 Å². The Morgan fingerprint density at radius 1 is 1.05 bits per heavy atom. The molecular weight excluding hydrogens is 236 g/mol. The van der Waals surface area contributed by atoms with Crippen LogP contribution in [0.25, 0.3) is 10.8 Å². The molecule has 0 bridgehead atoms. The van der Waals surface area contributed by atoms with Crippen molar-refractivity contribution in [3.8, 4) is 0 Å². The summed E-state index contributed by atoms with van der Waals surface area (Å²) < 4.78 is 0.